The standard InChI is InChI=1S/C21H32N4O3.HI/c1-4-22-19(26)18-9-7-8-16(14-18)15-24-21(23-5-2)25-12-10-17(11-13-25)20(27)28-6-3;/h7-9,14,17H,4-6,10-13,15H2,1-3H3,(H,22,26)(H,23,24);1H. The Labute approximate surface area is 190 Å². The van der Waals surface area contributed by atoms with E-state index >= 15 is 0 Å². The molecule has 0 bridgehead atoms. The number of ether oxygens (including phenoxy) is 1. The summed E-state index contributed by atoms with van der Waals surface area (Å²) in [5.41, 5.74) is 1.63. The average molecular weight is 516 g/mol. The maximum atomic E-state index is 12.0. The quantitative estimate of drug-likeness (QED) is 0.252. The summed E-state index contributed by atoms with van der Waals surface area (Å²) in [4.78, 5) is 30.9. The monoisotopic (exact) mass is 516 g/mol. The zero-order valence-corrected chi connectivity index (χ0v) is 19.9. The first-order valence-electron chi connectivity index (χ1n) is 10.2. The molecule has 1 aliphatic heterocycles. The van der Waals surface area contributed by atoms with E-state index in [0.717, 1.165) is 44.0 Å². The Hall–Kier alpha value is -1.84. The molecule has 1 saturated heterocycles. The Balaban J connectivity index is 0.00000420. The van der Waals surface area contributed by atoms with Crippen LogP contribution in [0.5, 0.6) is 0 Å². The number of piperidine rings is 1. The van der Waals surface area contributed by atoms with E-state index in [0.29, 0.717) is 25.3 Å². The van der Waals surface area contributed by atoms with Crippen LogP contribution in [0.1, 0.15) is 49.5 Å². The molecule has 1 heterocycles. The lowest BCUT2D eigenvalue weighted by molar-refractivity contribution is -0.149. The fourth-order valence-corrected chi connectivity index (χ4v) is 3.25. The maximum absolute atomic E-state index is 12.0. The average Bonchev–Trinajstić information content (AvgIpc) is 2.72. The van der Waals surface area contributed by atoms with Gasteiger partial charge in [-0.05, 0) is 51.3 Å². The highest BCUT2D eigenvalue weighted by Crippen LogP contribution is 2.19. The van der Waals surface area contributed by atoms with E-state index in [9.17, 15) is 9.59 Å². The van der Waals surface area contributed by atoms with Gasteiger partial charge in [-0.15, -0.1) is 24.0 Å². The highest BCUT2D eigenvalue weighted by Gasteiger charge is 2.27. The summed E-state index contributed by atoms with van der Waals surface area (Å²) in [7, 11) is 0. The fraction of sp³-hybridized carbons (Fsp3) is 0.571. The highest BCUT2D eigenvalue weighted by molar-refractivity contribution is 14.0. The Bertz CT molecular complexity index is 688. The van der Waals surface area contributed by atoms with Gasteiger partial charge in [0.15, 0.2) is 5.96 Å². The molecule has 1 aromatic rings. The molecule has 0 aliphatic carbocycles. The van der Waals surface area contributed by atoms with Crippen molar-refractivity contribution in [1.29, 1.82) is 0 Å². The number of nitrogens with zero attached hydrogens (tertiary/aromatic N) is 2. The Kier molecular flexibility index (Phi) is 11.6. The van der Waals surface area contributed by atoms with Crippen molar-refractivity contribution in [3.63, 3.8) is 0 Å². The van der Waals surface area contributed by atoms with Crippen LogP contribution in [-0.4, -0.2) is 55.5 Å². The van der Waals surface area contributed by atoms with Gasteiger partial charge in [0, 0.05) is 31.7 Å². The normalized spacial score (nSPS) is 14.7. The van der Waals surface area contributed by atoms with Gasteiger partial charge in [-0.2, -0.15) is 0 Å². The van der Waals surface area contributed by atoms with Crippen molar-refractivity contribution in [3.05, 3.63) is 35.4 Å². The van der Waals surface area contributed by atoms with Gasteiger partial charge >= 0.3 is 5.97 Å². The number of esters is 1. The summed E-state index contributed by atoms with van der Waals surface area (Å²) in [6.07, 6.45) is 1.55. The number of nitrogens with one attached hydrogen (secondary N) is 2. The smallest absolute Gasteiger partial charge is 0.309 e. The van der Waals surface area contributed by atoms with Crippen LogP contribution in [0.2, 0.25) is 0 Å². The molecule has 8 heteroatoms. The molecule has 1 aliphatic rings. The molecule has 0 aromatic heterocycles. The summed E-state index contributed by atoms with van der Waals surface area (Å²) in [5.74, 6) is 0.661. The van der Waals surface area contributed by atoms with Gasteiger partial charge in [0.2, 0.25) is 0 Å². The number of guanidine groups is 1. The summed E-state index contributed by atoms with van der Waals surface area (Å²) >= 11 is 0. The molecule has 0 radical (unpaired) electrons. The molecule has 0 spiro atoms. The van der Waals surface area contributed by atoms with Crippen LogP contribution in [0.3, 0.4) is 0 Å². The van der Waals surface area contributed by atoms with Crippen LogP contribution in [0.15, 0.2) is 29.3 Å². The SMILES string of the molecule is CCNC(=O)c1cccc(CN=C(NCC)N2CCC(C(=O)OCC)CC2)c1.I. The van der Waals surface area contributed by atoms with Gasteiger partial charge in [0.05, 0.1) is 19.1 Å². The molecule has 1 fully saturated rings. The van der Waals surface area contributed by atoms with Gasteiger partial charge in [0.1, 0.15) is 0 Å². The Morgan fingerprint density at radius 1 is 1.14 bits per heavy atom. The summed E-state index contributed by atoms with van der Waals surface area (Å²) in [6.45, 7) is 9.62. The van der Waals surface area contributed by atoms with E-state index in [2.05, 4.69) is 15.5 Å². The molecule has 0 atom stereocenters. The van der Waals surface area contributed by atoms with Crippen molar-refractivity contribution in [2.75, 3.05) is 32.8 Å². The van der Waals surface area contributed by atoms with Gasteiger partial charge in [-0.25, -0.2) is 4.99 Å². The van der Waals surface area contributed by atoms with Gasteiger partial charge in [-0.3, -0.25) is 9.59 Å². The van der Waals surface area contributed by atoms with Gasteiger partial charge in [-0.1, -0.05) is 12.1 Å². The number of likely N-dealkylation sites (tertiary alicyclic amines) is 1. The lowest BCUT2D eigenvalue weighted by Crippen LogP contribution is -2.46. The van der Waals surface area contributed by atoms with Crippen molar-refractivity contribution in [2.24, 2.45) is 10.9 Å². The molecule has 1 aromatic carbocycles. The lowest BCUT2D eigenvalue weighted by Gasteiger charge is -2.33. The zero-order valence-electron chi connectivity index (χ0n) is 17.6. The van der Waals surface area contributed by atoms with Gasteiger partial charge in [0.25, 0.3) is 5.91 Å². The number of hydrogen-bond donors (Lipinski definition) is 2. The molecular weight excluding hydrogens is 483 g/mol. The van der Waals surface area contributed by atoms with E-state index in [1.165, 1.54) is 0 Å². The van der Waals surface area contributed by atoms with Crippen LogP contribution in [0.25, 0.3) is 0 Å². The second-order valence-electron chi connectivity index (χ2n) is 6.74. The molecule has 7 nitrogen and oxygen atoms in total. The number of benzene rings is 1. The van der Waals surface area contributed by atoms with Crippen LogP contribution in [-0.2, 0) is 16.1 Å². The molecule has 0 unspecified atom stereocenters. The van der Waals surface area contributed by atoms with Crippen molar-refractivity contribution >= 4 is 41.8 Å². The third kappa shape index (κ3) is 7.83. The fourth-order valence-electron chi connectivity index (χ4n) is 3.25. The lowest BCUT2D eigenvalue weighted by atomic mass is 9.97. The molecular formula is C21H33IN4O3. The zero-order chi connectivity index (χ0) is 20.4. The predicted molar refractivity (Wildman–Crippen MR) is 126 cm³/mol. The predicted octanol–water partition coefficient (Wildman–Crippen LogP) is 2.79. The maximum Gasteiger partial charge on any atom is 0.309 e. The molecule has 2 rings (SSSR count). The van der Waals surface area contributed by atoms with Crippen molar-refractivity contribution < 1.29 is 14.3 Å². The molecule has 1 amide bonds. The first-order valence-corrected chi connectivity index (χ1v) is 10.2. The minimum atomic E-state index is -0.0914. The van der Waals surface area contributed by atoms with Crippen LogP contribution in [0.4, 0.5) is 0 Å². The molecule has 29 heavy (non-hydrogen) atoms. The second-order valence-corrected chi connectivity index (χ2v) is 6.74. The first kappa shape index (κ1) is 25.2. The highest BCUT2D eigenvalue weighted by atomic mass is 127. The largest absolute Gasteiger partial charge is 0.466 e. The number of amides is 1. The molecule has 0 saturated carbocycles. The minimum Gasteiger partial charge on any atom is -0.466 e. The van der Waals surface area contributed by atoms with E-state index in [-0.39, 0.29) is 41.8 Å². The number of hydrogen-bond acceptors (Lipinski definition) is 4. The number of halogens is 1. The van der Waals surface area contributed by atoms with Crippen molar-refractivity contribution in [3.8, 4) is 0 Å². The summed E-state index contributed by atoms with van der Waals surface area (Å²) in [5, 5.41) is 6.14. The van der Waals surface area contributed by atoms with Crippen molar-refractivity contribution in [1.82, 2.24) is 15.5 Å². The Morgan fingerprint density at radius 3 is 2.45 bits per heavy atom. The Morgan fingerprint density at radius 2 is 1.83 bits per heavy atom. The third-order valence-electron chi connectivity index (χ3n) is 4.69. The second kappa shape index (κ2) is 13.4. The summed E-state index contributed by atoms with van der Waals surface area (Å²) in [6, 6.07) is 7.55. The van der Waals surface area contributed by atoms with Crippen LogP contribution < -0.4 is 10.6 Å². The number of carbonyl (C=O) groups is 2. The first-order chi connectivity index (χ1) is 13.6. The summed E-state index contributed by atoms with van der Waals surface area (Å²) < 4.78 is 5.14. The van der Waals surface area contributed by atoms with E-state index in [1.54, 1.807) is 0 Å². The van der Waals surface area contributed by atoms with E-state index in [4.69, 9.17) is 9.73 Å². The topological polar surface area (TPSA) is 83.0 Å². The third-order valence-corrected chi connectivity index (χ3v) is 4.69. The van der Waals surface area contributed by atoms with Crippen LogP contribution in [0, 0.1) is 5.92 Å². The number of rotatable bonds is 7. The minimum absolute atomic E-state index is 0. The molecule has 162 valence electrons. The molecule has 2 N–H and O–H groups in total. The number of aliphatic imine (C=N–C) groups is 1. The number of carbonyl (C=O) groups excluding carboxylic acids is 2. The van der Waals surface area contributed by atoms with Crippen LogP contribution >= 0.6 is 24.0 Å². The van der Waals surface area contributed by atoms with Gasteiger partial charge < -0.3 is 20.3 Å². The van der Waals surface area contributed by atoms with E-state index < -0.39 is 0 Å². The van der Waals surface area contributed by atoms with Crippen molar-refractivity contribution in [2.45, 2.75) is 40.2 Å². The van der Waals surface area contributed by atoms with E-state index in [1.807, 2.05) is 45.0 Å².